The van der Waals surface area contributed by atoms with Gasteiger partial charge in [0, 0.05) is 28.6 Å². The van der Waals surface area contributed by atoms with Crippen molar-refractivity contribution in [1.82, 2.24) is 9.55 Å². The summed E-state index contributed by atoms with van der Waals surface area (Å²) in [6, 6.07) is 2.17. The van der Waals surface area contributed by atoms with Crippen LogP contribution in [0.2, 0.25) is 0 Å². The molecular weight excluding hydrogens is 562 g/mol. The Balaban J connectivity index is 1.98. The van der Waals surface area contributed by atoms with Crippen molar-refractivity contribution < 1.29 is 19.1 Å². The molecule has 0 aromatic carbocycles. The molecule has 0 bridgehead atoms. The quantitative estimate of drug-likeness (QED) is 0.216. The topological polar surface area (TPSA) is 102 Å². The highest BCUT2D eigenvalue weighted by Crippen LogP contribution is 2.67. The second kappa shape index (κ2) is 13.0. The molecular formula is C38H57N3O4. The third-order valence-electron chi connectivity index (χ3n) is 11.9. The fraction of sp³-hybridized carbons (Fsp3) is 0.711. The third kappa shape index (κ3) is 7.36. The first-order chi connectivity index (χ1) is 20.7. The Morgan fingerprint density at radius 3 is 2.29 bits per heavy atom. The van der Waals surface area contributed by atoms with Crippen LogP contribution in [0.25, 0.3) is 0 Å². The SMILES string of the molecule is CCCC(C)(C)CC[C@@](C)(CCC(C)(C)[C@]1(C)CC[C@H]2C(C)(C)C(=O)C(C#N)=C[C@]2(C)/C1=C/C(C)=O)COC(=O)n1ccnc1. The molecule has 0 saturated heterocycles. The molecule has 0 unspecified atom stereocenters. The zero-order valence-electron chi connectivity index (χ0n) is 29.8. The molecule has 7 heteroatoms. The number of hydrogen-bond acceptors (Lipinski definition) is 6. The van der Waals surface area contributed by atoms with E-state index in [2.05, 4.69) is 66.4 Å². The van der Waals surface area contributed by atoms with E-state index in [-0.39, 0.29) is 44.7 Å². The maximum absolute atomic E-state index is 13.3. The lowest BCUT2D eigenvalue weighted by molar-refractivity contribution is -0.131. The maximum Gasteiger partial charge on any atom is 0.419 e. The normalized spacial score (nSPS) is 27.2. The molecule has 0 radical (unpaired) electrons. The summed E-state index contributed by atoms with van der Waals surface area (Å²) < 4.78 is 7.25. The predicted molar refractivity (Wildman–Crippen MR) is 178 cm³/mol. The zero-order valence-corrected chi connectivity index (χ0v) is 29.8. The summed E-state index contributed by atoms with van der Waals surface area (Å²) in [5.41, 5.74) is -0.784. The smallest absolute Gasteiger partial charge is 0.419 e. The van der Waals surface area contributed by atoms with Crippen molar-refractivity contribution >= 4 is 17.7 Å². The molecule has 0 amide bonds. The summed E-state index contributed by atoms with van der Waals surface area (Å²) >= 11 is 0. The lowest BCUT2D eigenvalue weighted by atomic mass is 9.42. The van der Waals surface area contributed by atoms with Crippen molar-refractivity contribution in [3.63, 3.8) is 0 Å². The van der Waals surface area contributed by atoms with Crippen molar-refractivity contribution in [1.29, 1.82) is 5.26 Å². The van der Waals surface area contributed by atoms with Crippen LogP contribution in [0.5, 0.6) is 0 Å². The van der Waals surface area contributed by atoms with Gasteiger partial charge in [0.05, 0.1) is 12.2 Å². The number of Topliss-reactive ketones (excluding diaryl/α,β-unsaturated/α-hetero) is 1. The van der Waals surface area contributed by atoms with Gasteiger partial charge in [-0.1, -0.05) is 87.3 Å². The molecule has 1 aromatic heterocycles. The number of nitriles is 1. The molecule has 2 aliphatic carbocycles. The van der Waals surface area contributed by atoms with Crippen LogP contribution < -0.4 is 0 Å². The zero-order chi connectivity index (χ0) is 34.1. The number of aromatic nitrogens is 2. The van der Waals surface area contributed by atoms with Gasteiger partial charge in [-0.15, -0.1) is 0 Å². The lowest BCUT2D eigenvalue weighted by Gasteiger charge is -2.61. The van der Waals surface area contributed by atoms with Gasteiger partial charge in [0.1, 0.15) is 12.4 Å². The minimum atomic E-state index is -0.709. The first-order valence-electron chi connectivity index (χ1n) is 16.7. The minimum absolute atomic E-state index is 0.0160. The number of rotatable bonds is 12. The molecule has 45 heavy (non-hydrogen) atoms. The van der Waals surface area contributed by atoms with E-state index in [0.29, 0.717) is 6.61 Å². The lowest BCUT2D eigenvalue weighted by Crippen LogP contribution is -2.55. The number of imidazole rings is 1. The molecule has 1 aromatic rings. The Hall–Kier alpha value is -3.01. The number of carbonyl (C=O) groups is 3. The summed E-state index contributed by atoms with van der Waals surface area (Å²) in [4.78, 5) is 42.9. The molecule has 1 fully saturated rings. The van der Waals surface area contributed by atoms with Gasteiger partial charge in [0.2, 0.25) is 0 Å². The summed E-state index contributed by atoms with van der Waals surface area (Å²) in [6.45, 7) is 23.9. The number of fused-ring (bicyclic) bond motifs is 1. The van der Waals surface area contributed by atoms with E-state index in [1.165, 1.54) is 10.9 Å². The Morgan fingerprint density at radius 1 is 1.09 bits per heavy atom. The number of nitrogens with zero attached hydrogens (tertiary/aromatic N) is 3. The van der Waals surface area contributed by atoms with Crippen LogP contribution in [0.3, 0.4) is 0 Å². The van der Waals surface area contributed by atoms with Gasteiger partial charge in [-0.3, -0.25) is 9.59 Å². The average Bonchev–Trinajstić information content (AvgIpc) is 3.49. The van der Waals surface area contributed by atoms with Gasteiger partial charge < -0.3 is 4.74 Å². The molecule has 0 aliphatic heterocycles. The van der Waals surface area contributed by atoms with Crippen molar-refractivity contribution in [2.24, 2.45) is 38.4 Å². The van der Waals surface area contributed by atoms with Crippen LogP contribution in [-0.4, -0.2) is 33.8 Å². The van der Waals surface area contributed by atoms with Crippen LogP contribution in [0.15, 0.2) is 42.0 Å². The van der Waals surface area contributed by atoms with Gasteiger partial charge in [-0.05, 0) is 80.1 Å². The van der Waals surface area contributed by atoms with E-state index in [4.69, 9.17) is 4.74 Å². The van der Waals surface area contributed by atoms with Crippen molar-refractivity contribution in [3.05, 3.63) is 42.0 Å². The highest BCUT2D eigenvalue weighted by atomic mass is 16.5. The summed E-state index contributed by atoms with van der Waals surface area (Å²) in [7, 11) is 0. The predicted octanol–water partition coefficient (Wildman–Crippen LogP) is 9.28. The number of carbonyl (C=O) groups excluding carboxylic acids is 3. The summed E-state index contributed by atoms with van der Waals surface area (Å²) in [5.74, 6) is -0.146. The monoisotopic (exact) mass is 619 g/mol. The average molecular weight is 620 g/mol. The number of allylic oxidation sites excluding steroid dienone is 4. The molecule has 0 spiro atoms. The van der Waals surface area contributed by atoms with Gasteiger partial charge in [-0.25, -0.2) is 14.3 Å². The van der Waals surface area contributed by atoms with E-state index in [0.717, 1.165) is 56.9 Å². The summed E-state index contributed by atoms with van der Waals surface area (Å²) in [5, 5.41) is 9.96. The van der Waals surface area contributed by atoms with Crippen LogP contribution in [0.1, 0.15) is 128 Å². The molecule has 2 aliphatic rings. The van der Waals surface area contributed by atoms with Crippen molar-refractivity contribution in [2.75, 3.05) is 6.61 Å². The number of ether oxygens (including phenoxy) is 1. The highest BCUT2D eigenvalue weighted by molar-refractivity contribution is 6.04. The van der Waals surface area contributed by atoms with Crippen LogP contribution in [-0.2, 0) is 14.3 Å². The Morgan fingerprint density at radius 2 is 1.73 bits per heavy atom. The van der Waals surface area contributed by atoms with E-state index in [1.807, 2.05) is 19.9 Å². The molecule has 1 heterocycles. The van der Waals surface area contributed by atoms with Crippen LogP contribution in [0.4, 0.5) is 4.79 Å². The molecule has 0 N–H and O–H groups in total. The Bertz CT molecular complexity index is 1380. The molecule has 1 saturated carbocycles. The van der Waals surface area contributed by atoms with E-state index in [9.17, 15) is 19.6 Å². The standard InChI is InChI=1S/C38H57N3O4/c1-12-14-33(3,4)16-18-36(9,25-45-32(44)41-21-20-40-26-41)19-17-34(5,6)38(11)15-13-29-35(7,8)31(43)28(24-39)23-37(29,10)30(38)22-27(2)42/h20-23,26,29H,12-19,25H2,1-11H3/b30-22-/t29-,36-,37-,38+/m0/s1. The minimum Gasteiger partial charge on any atom is -0.448 e. The first kappa shape index (κ1) is 36.5. The largest absolute Gasteiger partial charge is 0.448 e. The van der Waals surface area contributed by atoms with Gasteiger partial charge in [-0.2, -0.15) is 5.26 Å². The third-order valence-corrected chi connectivity index (χ3v) is 11.9. The molecule has 4 atom stereocenters. The Labute approximate surface area is 271 Å². The van der Waals surface area contributed by atoms with Gasteiger partial charge >= 0.3 is 6.09 Å². The van der Waals surface area contributed by atoms with E-state index in [1.54, 1.807) is 25.4 Å². The second-order valence-electron chi connectivity index (χ2n) is 16.7. The van der Waals surface area contributed by atoms with Crippen molar-refractivity contribution in [3.8, 4) is 6.07 Å². The first-order valence-corrected chi connectivity index (χ1v) is 16.7. The highest BCUT2D eigenvalue weighted by Gasteiger charge is 2.61. The molecule has 7 nitrogen and oxygen atoms in total. The fourth-order valence-electron chi connectivity index (χ4n) is 8.39. The van der Waals surface area contributed by atoms with Gasteiger partial charge in [0.15, 0.2) is 11.6 Å². The van der Waals surface area contributed by atoms with E-state index < -0.39 is 16.9 Å². The van der Waals surface area contributed by atoms with Crippen LogP contribution >= 0.6 is 0 Å². The summed E-state index contributed by atoms with van der Waals surface area (Å²) in [6.07, 6.45) is 15.4. The molecule has 248 valence electrons. The fourth-order valence-corrected chi connectivity index (χ4v) is 8.39. The number of ketones is 2. The number of hydrogen-bond donors (Lipinski definition) is 0. The van der Waals surface area contributed by atoms with E-state index >= 15 is 0 Å². The van der Waals surface area contributed by atoms with Crippen molar-refractivity contribution in [2.45, 2.75) is 128 Å². The van der Waals surface area contributed by atoms with Gasteiger partial charge in [0.25, 0.3) is 0 Å². The molecule has 3 rings (SSSR count). The maximum atomic E-state index is 13.3. The second-order valence-corrected chi connectivity index (χ2v) is 16.7. The van der Waals surface area contributed by atoms with Crippen LogP contribution in [0, 0.1) is 49.7 Å². The Kier molecular flexibility index (Phi) is 10.5.